The lowest BCUT2D eigenvalue weighted by Gasteiger charge is -2.29. The maximum Gasteiger partial charge on any atom is 0.119 e. The molecule has 1 saturated heterocycles. The van der Waals surface area contributed by atoms with Crippen molar-refractivity contribution < 1.29 is 4.74 Å². The highest BCUT2D eigenvalue weighted by Crippen LogP contribution is 2.38. The summed E-state index contributed by atoms with van der Waals surface area (Å²) in [6.45, 7) is 3.17. The zero-order chi connectivity index (χ0) is 21.8. The Kier molecular flexibility index (Phi) is 6.04. The highest BCUT2D eigenvalue weighted by molar-refractivity contribution is 5.94. The van der Waals surface area contributed by atoms with Gasteiger partial charge in [0.25, 0.3) is 0 Å². The third kappa shape index (κ3) is 4.32. The van der Waals surface area contributed by atoms with Crippen LogP contribution in [0.15, 0.2) is 84.4 Å². The van der Waals surface area contributed by atoms with Gasteiger partial charge in [-0.25, -0.2) is 0 Å². The molecule has 2 nitrogen and oxygen atoms in total. The second-order valence-electron chi connectivity index (χ2n) is 8.47. The van der Waals surface area contributed by atoms with Gasteiger partial charge in [-0.3, -0.25) is 4.90 Å². The maximum absolute atomic E-state index is 5.33. The van der Waals surface area contributed by atoms with Crippen LogP contribution in [0.3, 0.4) is 0 Å². The van der Waals surface area contributed by atoms with Crippen LogP contribution < -0.4 is 4.74 Å². The van der Waals surface area contributed by atoms with Crippen molar-refractivity contribution in [2.24, 2.45) is 0 Å². The summed E-state index contributed by atoms with van der Waals surface area (Å²) in [4.78, 5) is 2.55. The summed E-state index contributed by atoms with van der Waals surface area (Å²) >= 11 is 0. The van der Waals surface area contributed by atoms with Gasteiger partial charge in [-0.15, -0.1) is 0 Å². The molecule has 1 heterocycles. The molecule has 0 unspecified atom stereocenters. The van der Waals surface area contributed by atoms with E-state index in [2.05, 4.69) is 89.9 Å². The molecule has 0 atom stereocenters. The predicted molar refractivity (Wildman–Crippen MR) is 136 cm³/mol. The molecule has 1 fully saturated rings. The molecule has 0 radical (unpaired) electrons. The maximum atomic E-state index is 5.33. The number of nitrogens with zero attached hydrogens (tertiary/aromatic N) is 1. The minimum Gasteiger partial charge on any atom is -0.497 e. The first kappa shape index (κ1) is 20.5. The van der Waals surface area contributed by atoms with Crippen molar-refractivity contribution in [1.29, 1.82) is 0 Å². The summed E-state index contributed by atoms with van der Waals surface area (Å²) in [6, 6.07) is 25.9. The molecule has 3 aromatic carbocycles. The van der Waals surface area contributed by atoms with E-state index in [1.54, 1.807) is 12.7 Å². The van der Waals surface area contributed by atoms with E-state index in [4.69, 9.17) is 4.74 Å². The topological polar surface area (TPSA) is 12.5 Å². The van der Waals surface area contributed by atoms with Crippen molar-refractivity contribution in [3.05, 3.63) is 112 Å². The predicted octanol–water partition coefficient (Wildman–Crippen LogP) is 6.79. The van der Waals surface area contributed by atoms with Gasteiger partial charge in [0.1, 0.15) is 5.75 Å². The molecule has 0 spiro atoms. The molecule has 5 rings (SSSR count). The molecule has 1 aliphatic heterocycles. The molecule has 0 N–H and O–H groups in total. The van der Waals surface area contributed by atoms with Crippen LogP contribution in [0.1, 0.15) is 40.7 Å². The lowest BCUT2D eigenvalue weighted by Crippen LogP contribution is -2.31. The first-order valence-electron chi connectivity index (χ1n) is 11.4. The van der Waals surface area contributed by atoms with Crippen LogP contribution >= 0.6 is 0 Å². The third-order valence-electron chi connectivity index (χ3n) is 6.48. The van der Waals surface area contributed by atoms with Crippen molar-refractivity contribution in [3.8, 4) is 5.75 Å². The largest absolute Gasteiger partial charge is 0.497 e. The molecule has 160 valence electrons. The van der Waals surface area contributed by atoms with Crippen molar-refractivity contribution in [2.75, 3.05) is 26.7 Å². The van der Waals surface area contributed by atoms with Gasteiger partial charge >= 0.3 is 0 Å². The van der Waals surface area contributed by atoms with E-state index >= 15 is 0 Å². The number of fused-ring (bicyclic) bond motifs is 2. The Labute approximate surface area is 191 Å². The van der Waals surface area contributed by atoms with E-state index < -0.39 is 0 Å². The average molecular weight is 420 g/mol. The van der Waals surface area contributed by atoms with Crippen LogP contribution in [0.5, 0.6) is 5.75 Å². The smallest absolute Gasteiger partial charge is 0.119 e. The molecule has 2 aliphatic rings. The Hall–Kier alpha value is -3.36. The van der Waals surface area contributed by atoms with E-state index in [-0.39, 0.29) is 0 Å². The molecular weight excluding hydrogens is 390 g/mol. The number of ether oxygens (including phenoxy) is 1. The highest BCUT2D eigenvalue weighted by atomic mass is 16.5. The Morgan fingerprint density at radius 2 is 1.47 bits per heavy atom. The number of likely N-dealkylation sites (tertiary alicyclic amines) is 1. The second-order valence-corrected chi connectivity index (χ2v) is 8.47. The van der Waals surface area contributed by atoms with Crippen molar-refractivity contribution in [3.63, 3.8) is 0 Å². The Balaban J connectivity index is 1.35. The van der Waals surface area contributed by atoms with Crippen LogP contribution in [0, 0.1) is 0 Å². The lowest BCUT2D eigenvalue weighted by molar-refractivity contribution is 0.284. The van der Waals surface area contributed by atoms with Gasteiger partial charge in [0.05, 0.1) is 7.11 Å². The van der Waals surface area contributed by atoms with Crippen LogP contribution in [0.2, 0.25) is 0 Å². The summed E-state index contributed by atoms with van der Waals surface area (Å²) in [5, 5.41) is 0. The number of hydrogen-bond donors (Lipinski definition) is 0. The number of benzene rings is 3. The van der Waals surface area contributed by atoms with Crippen LogP contribution in [0.4, 0.5) is 0 Å². The summed E-state index contributed by atoms with van der Waals surface area (Å²) in [5.74, 6) is 0.903. The van der Waals surface area contributed by atoms with Gasteiger partial charge in [-0.05, 0) is 58.4 Å². The molecule has 0 bridgehead atoms. The lowest BCUT2D eigenvalue weighted by atomic mass is 9.86. The fraction of sp³-hybridized carbons (Fsp3) is 0.200. The molecule has 0 amide bonds. The minimum absolute atomic E-state index is 0.903. The minimum atomic E-state index is 0.903. The summed E-state index contributed by atoms with van der Waals surface area (Å²) in [5.41, 5.74) is 9.59. The Bertz CT molecular complexity index is 1140. The fourth-order valence-corrected chi connectivity index (χ4v) is 4.78. The third-order valence-corrected chi connectivity index (χ3v) is 6.48. The van der Waals surface area contributed by atoms with Crippen LogP contribution in [0.25, 0.3) is 23.8 Å². The second kappa shape index (κ2) is 9.42. The van der Waals surface area contributed by atoms with Gasteiger partial charge in [-0.2, -0.15) is 0 Å². The highest BCUT2D eigenvalue weighted by Gasteiger charge is 2.21. The normalized spacial score (nSPS) is 16.0. The fourth-order valence-electron chi connectivity index (χ4n) is 4.78. The zero-order valence-corrected chi connectivity index (χ0v) is 18.6. The van der Waals surface area contributed by atoms with E-state index in [0.717, 1.165) is 38.2 Å². The van der Waals surface area contributed by atoms with Gasteiger partial charge < -0.3 is 4.74 Å². The number of hydrogen-bond acceptors (Lipinski definition) is 2. The quantitative estimate of drug-likeness (QED) is 0.361. The van der Waals surface area contributed by atoms with E-state index in [9.17, 15) is 0 Å². The van der Waals surface area contributed by atoms with Crippen LogP contribution in [-0.4, -0.2) is 31.6 Å². The molecule has 32 heavy (non-hydrogen) atoms. The number of methoxy groups -OCH3 is 1. The Morgan fingerprint density at radius 1 is 0.812 bits per heavy atom. The molecule has 0 saturated carbocycles. The van der Waals surface area contributed by atoms with Gasteiger partial charge in [-0.1, -0.05) is 90.5 Å². The van der Waals surface area contributed by atoms with E-state index in [0.29, 0.717) is 0 Å². The first-order chi connectivity index (χ1) is 15.8. The van der Waals surface area contributed by atoms with Crippen molar-refractivity contribution >= 4 is 23.8 Å². The zero-order valence-electron chi connectivity index (χ0n) is 18.6. The molecule has 0 aromatic heterocycles. The summed E-state index contributed by atoms with van der Waals surface area (Å²) in [7, 11) is 1.71. The summed E-state index contributed by atoms with van der Waals surface area (Å²) in [6.07, 6.45) is 11.2. The molecule has 2 heteroatoms. The molecule has 3 aromatic rings. The standard InChI is InChI=1S/C30H29NO/c1-32-27-12-6-8-23(22-27)9-7-19-31-20-17-26(18-21-31)30-28-13-4-2-10-24(28)15-16-25-11-3-5-14-29(25)30/h2-16,22H,17-21H2,1H3/b9-7+. The SMILES string of the molecule is COc1cccc(/C=C/CN2CCC(=C3c4ccccc4C=Cc4ccccc43)CC2)c1. The number of piperidine rings is 1. The van der Waals surface area contributed by atoms with Crippen molar-refractivity contribution in [1.82, 2.24) is 4.90 Å². The van der Waals surface area contributed by atoms with Crippen molar-refractivity contribution in [2.45, 2.75) is 12.8 Å². The average Bonchev–Trinajstić information content (AvgIpc) is 3.02. The molecular formula is C30H29NO. The van der Waals surface area contributed by atoms with Gasteiger partial charge in [0, 0.05) is 19.6 Å². The van der Waals surface area contributed by atoms with Crippen LogP contribution in [-0.2, 0) is 0 Å². The first-order valence-corrected chi connectivity index (χ1v) is 11.4. The monoisotopic (exact) mass is 419 g/mol. The van der Waals surface area contributed by atoms with E-state index in [1.165, 1.54) is 33.4 Å². The van der Waals surface area contributed by atoms with Gasteiger partial charge in [0.2, 0.25) is 0 Å². The number of rotatable bonds is 4. The van der Waals surface area contributed by atoms with E-state index in [1.807, 2.05) is 12.1 Å². The van der Waals surface area contributed by atoms with Gasteiger partial charge in [0.15, 0.2) is 0 Å². The Morgan fingerprint density at radius 3 is 2.12 bits per heavy atom. The molecule has 1 aliphatic carbocycles. The summed E-state index contributed by atoms with van der Waals surface area (Å²) < 4.78 is 5.33.